The van der Waals surface area contributed by atoms with Gasteiger partial charge in [-0.1, -0.05) is 33.8 Å². The largest absolute Gasteiger partial charge is 0.340 e. The van der Waals surface area contributed by atoms with Crippen LogP contribution in [0.4, 0.5) is 8.78 Å². The number of benzene rings is 1. The van der Waals surface area contributed by atoms with Gasteiger partial charge in [0.2, 0.25) is 5.91 Å². The smallest absolute Gasteiger partial charge is 0.257 e. The Morgan fingerprint density at radius 3 is 2.12 bits per heavy atom. The summed E-state index contributed by atoms with van der Waals surface area (Å²) >= 11 is 0. The summed E-state index contributed by atoms with van der Waals surface area (Å²) in [4.78, 5) is 27.0. The quantitative estimate of drug-likeness (QED) is 0.904. The molecule has 2 rings (SSSR count). The molecule has 0 bridgehead atoms. The molecular formula is C19H26F2N2O2. The van der Waals surface area contributed by atoms with E-state index in [1.165, 1.54) is 6.07 Å². The van der Waals surface area contributed by atoms with Gasteiger partial charge in [0.25, 0.3) is 5.91 Å². The third-order valence-corrected chi connectivity index (χ3v) is 4.59. The zero-order valence-electron chi connectivity index (χ0n) is 15.2. The highest BCUT2D eigenvalue weighted by molar-refractivity contribution is 5.98. The van der Waals surface area contributed by atoms with Crippen LogP contribution in [0, 0.1) is 29.4 Å². The van der Waals surface area contributed by atoms with Gasteiger partial charge in [0, 0.05) is 13.1 Å². The molecule has 1 aromatic carbocycles. The van der Waals surface area contributed by atoms with E-state index >= 15 is 0 Å². The van der Waals surface area contributed by atoms with Gasteiger partial charge in [0.05, 0.1) is 0 Å². The molecule has 1 aliphatic heterocycles. The standard InChI is InChI=1S/C19H26F2N2O2/c1-11(2)17(19(25)23-9-12(3)8-13(4)10-23)22-18(24)16-14(20)6-5-7-15(16)21/h5-7,11-13,17H,8-10H2,1-4H3,(H,22,24)/t12?,13?,17-/m0/s1. The number of halogens is 2. The van der Waals surface area contributed by atoms with Crippen molar-refractivity contribution >= 4 is 11.8 Å². The van der Waals surface area contributed by atoms with Crippen LogP contribution in [0.5, 0.6) is 0 Å². The predicted molar refractivity (Wildman–Crippen MR) is 92.0 cm³/mol. The third-order valence-electron chi connectivity index (χ3n) is 4.59. The van der Waals surface area contributed by atoms with Gasteiger partial charge in [0.15, 0.2) is 0 Å². The highest BCUT2D eigenvalue weighted by Gasteiger charge is 2.33. The van der Waals surface area contributed by atoms with Crippen molar-refractivity contribution in [2.24, 2.45) is 17.8 Å². The van der Waals surface area contributed by atoms with Gasteiger partial charge in [-0.05, 0) is 36.3 Å². The molecule has 2 amide bonds. The number of nitrogens with zero attached hydrogens (tertiary/aromatic N) is 1. The van der Waals surface area contributed by atoms with E-state index < -0.39 is 29.1 Å². The third kappa shape index (κ3) is 4.55. The Labute approximate surface area is 147 Å². The van der Waals surface area contributed by atoms with E-state index in [0.29, 0.717) is 24.9 Å². The predicted octanol–water partition coefficient (Wildman–Crippen LogP) is 3.22. The van der Waals surface area contributed by atoms with Gasteiger partial charge in [-0.25, -0.2) is 8.78 Å². The SMILES string of the molecule is CC1CC(C)CN(C(=O)[C@@H](NC(=O)c2c(F)cccc2F)C(C)C)C1. The van der Waals surface area contributed by atoms with Crippen molar-refractivity contribution in [3.8, 4) is 0 Å². The highest BCUT2D eigenvalue weighted by atomic mass is 19.1. The van der Waals surface area contributed by atoms with E-state index in [-0.39, 0.29) is 11.8 Å². The minimum Gasteiger partial charge on any atom is -0.340 e. The first kappa shape index (κ1) is 19.3. The summed E-state index contributed by atoms with van der Waals surface area (Å²) in [7, 11) is 0. The molecule has 25 heavy (non-hydrogen) atoms. The molecule has 1 heterocycles. The maximum absolute atomic E-state index is 13.8. The Balaban J connectivity index is 2.18. The molecular weight excluding hydrogens is 326 g/mol. The lowest BCUT2D eigenvalue weighted by Crippen LogP contribution is -2.54. The second-order valence-electron chi connectivity index (χ2n) is 7.48. The maximum atomic E-state index is 13.8. The van der Waals surface area contributed by atoms with Crippen molar-refractivity contribution in [3.05, 3.63) is 35.4 Å². The number of nitrogens with one attached hydrogen (secondary N) is 1. The van der Waals surface area contributed by atoms with Gasteiger partial charge in [-0.15, -0.1) is 0 Å². The molecule has 138 valence electrons. The minimum absolute atomic E-state index is 0.196. The van der Waals surface area contributed by atoms with Crippen molar-refractivity contribution in [2.75, 3.05) is 13.1 Å². The molecule has 0 saturated carbocycles. The summed E-state index contributed by atoms with van der Waals surface area (Å²) < 4.78 is 27.6. The normalized spacial score (nSPS) is 22.0. The fourth-order valence-electron chi connectivity index (χ4n) is 3.48. The first-order chi connectivity index (χ1) is 11.7. The molecule has 1 saturated heterocycles. The highest BCUT2D eigenvalue weighted by Crippen LogP contribution is 2.22. The average molecular weight is 352 g/mol. The van der Waals surface area contributed by atoms with Gasteiger partial charge in [-0.2, -0.15) is 0 Å². The summed E-state index contributed by atoms with van der Waals surface area (Å²) in [5.41, 5.74) is -0.652. The molecule has 1 N–H and O–H groups in total. The van der Waals surface area contributed by atoms with Crippen molar-refractivity contribution < 1.29 is 18.4 Å². The van der Waals surface area contributed by atoms with E-state index in [1.54, 1.807) is 18.7 Å². The fraction of sp³-hybridized carbons (Fsp3) is 0.579. The Morgan fingerprint density at radius 2 is 1.64 bits per heavy atom. The van der Waals surface area contributed by atoms with Crippen molar-refractivity contribution in [1.82, 2.24) is 10.2 Å². The van der Waals surface area contributed by atoms with Crippen LogP contribution < -0.4 is 5.32 Å². The zero-order chi connectivity index (χ0) is 18.7. The molecule has 2 unspecified atom stereocenters. The van der Waals surface area contributed by atoms with Crippen LogP contribution >= 0.6 is 0 Å². The van der Waals surface area contributed by atoms with E-state index in [0.717, 1.165) is 18.6 Å². The van der Waals surface area contributed by atoms with E-state index in [4.69, 9.17) is 0 Å². The molecule has 6 heteroatoms. The van der Waals surface area contributed by atoms with Gasteiger partial charge in [0.1, 0.15) is 23.2 Å². The number of hydrogen-bond donors (Lipinski definition) is 1. The second kappa shape index (κ2) is 7.93. The molecule has 0 radical (unpaired) electrons. The number of likely N-dealkylation sites (tertiary alicyclic amines) is 1. The van der Waals surface area contributed by atoms with Crippen molar-refractivity contribution in [3.63, 3.8) is 0 Å². The molecule has 4 nitrogen and oxygen atoms in total. The molecule has 1 fully saturated rings. The first-order valence-electron chi connectivity index (χ1n) is 8.74. The average Bonchev–Trinajstić information content (AvgIpc) is 2.50. The number of piperidine rings is 1. The van der Waals surface area contributed by atoms with Crippen LogP contribution in [0.3, 0.4) is 0 Å². The van der Waals surface area contributed by atoms with Crippen LogP contribution in [-0.4, -0.2) is 35.8 Å². The van der Waals surface area contributed by atoms with Gasteiger partial charge >= 0.3 is 0 Å². The summed E-state index contributed by atoms with van der Waals surface area (Å²) in [6.07, 6.45) is 1.06. The fourth-order valence-corrected chi connectivity index (χ4v) is 3.48. The Hall–Kier alpha value is -1.98. The Bertz CT molecular complexity index is 618. The monoisotopic (exact) mass is 352 g/mol. The molecule has 3 atom stereocenters. The van der Waals surface area contributed by atoms with Crippen LogP contribution in [-0.2, 0) is 4.79 Å². The maximum Gasteiger partial charge on any atom is 0.257 e. The van der Waals surface area contributed by atoms with E-state index in [1.807, 2.05) is 0 Å². The molecule has 1 aliphatic rings. The number of amides is 2. The Kier molecular flexibility index (Phi) is 6.14. The van der Waals surface area contributed by atoms with Crippen LogP contribution in [0.15, 0.2) is 18.2 Å². The first-order valence-corrected chi connectivity index (χ1v) is 8.74. The number of carbonyl (C=O) groups excluding carboxylic acids is 2. The topological polar surface area (TPSA) is 49.4 Å². The lowest BCUT2D eigenvalue weighted by molar-refractivity contribution is -0.137. The lowest BCUT2D eigenvalue weighted by Gasteiger charge is -2.37. The molecule has 0 spiro atoms. The number of hydrogen-bond acceptors (Lipinski definition) is 2. The van der Waals surface area contributed by atoms with E-state index in [2.05, 4.69) is 19.2 Å². The molecule has 0 aromatic heterocycles. The molecule has 1 aromatic rings. The lowest BCUT2D eigenvalue weighted by atomic mass is 9.90. The van der Waals surface area contributed by atoms with Crippen molar-refractivity contribution in [1.29, 1.82) is 0 Å². The minimum atomic E-state index is -0.937. The zero-order valence-corrected chi connectivity index (χ0v) is 15.2. The van der Waals surface area contributed by atoms with Crippen molar-refractivity contribution in [2.45, 2.75) is 40.2 Å². The van der Waals surface area contributed by atoms with Crippen LogP contribution in [0.2, 0.25) is 0 Å². The number of carbonyl (C=O) groups is 2. The summed E-state index contributed by atoms with van der Waals surface area (Å²) in [5.74, 6) is -2.39. The van der Waals surface area contributed by atoms with Crippen LogP contribution in [0.25, 0.3) is 0 Å². The summed E-state index contributed by atoms with van der Waals surface area (Å²) in [5, 5.41) is 2.53. The number of rotatable bonds is 4. The summed E-state index contributed by atoms with van der Waals surface area (Å²) in [6.45, 7) is 9.06. The van der Waals surface area contributed by atoms with Gasteiger partial charge < -0.3 is 10.2 Å². The van der Waals surface area contributed by atoms with Crippen LogP contribution in [0.1, 0.15) is 44.5 Å². The second-order valence-corrected chi connectivity index (χ2v) is 7.48. The molecule has 0 aliphatic carbocycles. The van der Waals surface area contributed by atoms with E-state index in [9.17, 15) is 18.4 Å². The Morgan fingerprint density at radius 1 is 1.12 bits per heavy atom. The van der Waals surface area contributed by atoms with Gasteiger partial charge in [-0.3, -0.25) is 9.59 Å². The summed E-state index contributed by atoms with van der Waals surface area (Å²) in [6, 6.07) is 2.43.